The summed E-state index contributed by atoms with van der Waals surface area (Å²) in [4.78, 5) is 0. The van der Waals surface area contributed by atoms with Crippen LogP contribution in [0.2, 0.25) is 0 Å². The Hall–Kier alpha value is -5.85. The van der Waals surface area contributed by atoms with Crippen LogP contribution in [0.25, 0.3) is 0 Å². The van der Waals surface area contributed by atoms with Gasteiger partial charge in [0.2, 0.25) is 0 Å². The molecule has 0 atom stereocenters. The highest BCUT2D eigenvalue weighted by atomic mass is 16.5. The van der Waals surface area contributed by atoms with Crippen molar-refractivity contribution in [2.24, 2.45) is 0 Å². The fourth-order valence-electron chi connectivity index (χ4n) is 6.55. The molecule has 0 unspecified atom stereocenters. The average Bonchev–Trinajstić information content (AvgIpc) is 3.28. The molecule has 4 aromatic carbocycles. The van der Waals surface area contributed by atoms with Crippen LogP contribution in [0.3, 0.4) is 0 Å². The van der Waals surface area contributed by atoms with E-state index in [0.29, 0.717) is 56.3 Å². The number of unbranched alkanes of at least 4 members (excludes halogenated alkanes) is 15. The monoisotopic (exact) mass is 813 g/mol. The molecule has 4 aromatic rings. The molecule has 318 valence electrons. The van der Waals surface area contributed by atoms with Crippen molar-refractivity contribution in [2.45, 2.75) is 116 Å². The molecule has 0 bridgehead atoms. The van der Waals surface area contributed by atoms with Gasteiger partial charge < -0.3 is 28.4 Å². The predicted octanol–water partition coefficient (Wildman–Crippen LogP) is 12.7. The number of hydrogen-bond donors (Lipinski definition) is 0. The van der Waals surface area contributed by atoms with Crippen LogP contribution in [0.15, 0.2) is 91.0 Å². The Balaban J connectivity index is 1.08. The van der Waals surface area contributed by atoms with Crippen molar-refractivity contribution in [2.75, 3.05) is 39.6 Å². The predicted molar refractivity (Wildman–Crippen MR) is 236 cm³/mol. The molecule has 0 aliphatic heterocycles. The zero-order chi connectivity index (χ0) is 42.1. The third kappa shape index (κ3) is 20.7. The van der Waals surface area contributed by atoms with E-state index in [1.807, 2.05) is 54.6 Å². The minimum absolute atomic E-state index is 0.644. The van der Waals surface area contributed by atoms with E-state index in [9.17, 15) is 0 Å². The maximum Gasteiger partial charge on any atom is 0.126 e. The summed E-state index contributed by atoms with van der Waals surface area (Å²) < 4.78 is 36.0. The van der Waals surface area contributed by atoms with Gasteiger partial charge in [-0.05, 0) is 111 Å². The molecule has 0 aliphatic carbocycles. The number of ether oxygens (including phenoxy) is 6. The molecule has 0 radical (unpaired) electrons. The van der Waals surface area contributed by atoms with Crippen molar-refractivity contribution < 1.29 is 28.4 Å². The zero-order valence-electron chi connectivity index (χ0n) is 35.4. The Morgan fingerprint density at radius 1 is 0.250 bits per heavy atom. The molecular weight excluding hydrogens is 751 g/mol. The highest BCUT2D eigenvalue weighted by Gasteiger charge is 2.07. The topological polar surface area (TPSA) is 127 Å². The first-order valence-electron chi connectivity index (χ1n) is 22.1. The minimum atomic E-state index is 0.644. The Morgan fingerprint density at radius 3 is 0.633 bits per heavy atom. The van der Waals surface area contributed by atoms with Gasteiger partial charge in [-0.15, -0.1) is 0 Å². The lowest BCUT2D eigenvalue weighted by molar-refractivity contribution is 0.274. The van der Waals surface area contributed by atoms with E-state index in [-0.39, 0.29) is 0 Å². The molecule has 0 saturated heterocycles. The molecule has 9 heteroatoms. The normalized spacial score (nSPS) is 10.6. The van der Waals surface area contributed by atoms with Gasteiger partial charge in [0.05, 0.1) is 74.5 Å². The number of nitrogens with zero attached hydrogens (tertiary/aromatic N) is 3. The molecule has 60 heavy (non-hydrogen) atoms. The summed E-state index contributed by atoms with van der Waals surface area (Å²) in [7, 11) is 0. The van der Waals surface area contributed by atoms with Gasteiger partial charge in [-0.2, -0.15) is 15.8 Å². The van der Waals surface area contributed by atoms with Gasteiger partial charge >= 0.3 is 0 Å². The summed E-state index contributed by atoms with van der Waals surface area (Å²) in [6.45, 7) is 4.03. The second kappa shape index (κ2) is 30.2. The van der Waals surface area contributed by atoms with E-state index >= 15 is 0 Å². The quantitative estimate of drug-likeness (QED) is 0.0432. The standard InChI is InChI=1S/C51H63N3O6/c52-40-43-19-25-46(26-20-43)55-31-13-7-1-4-10-16-34-58-49-37-50(59-35-17-11-5-2-8-14-32-56-47-27-21-44(41-53)22-28-47)39-51(38-49)60-36-18-12-6-3-9-15-33-57-48-29-23-45(42-54)24-30-48/h19-30,37-39H,1-18,31-36H2. The molecule has 0 saturated carbocycles. The first kappa shape index (κ1) is 46.8. The molecular formula is C51H63N3O6. The first-order chi connectivity index (χ1) is 29.6. The van der Waals surface area contributed by atoms with Gasteiger partial charge in [0.1, 0.15) is 34.5 Å². The molecule has 0 aliphatic rings. The molecule has 0 spiro atoms. The van der Waals surface area contributed by atoms with Crippen LogP contribution in [-0.2, 0) is 0 Å². The van der Waals surface area contributed by atoms with E-state index in [1.54, 1.807) is 36.4 Å². The number of nitriles is 3. The smallest absolute Gasteiger partial charge is 0.126 e. The Kier molecular flexibility index (Phi) is 23.6. The Morgan fingerprint density at radius 2 is 0.433 bits per heavy atom. The Bertz CT molecular complexity index is 1630. The van der Waals surface area contributed by atoms with Gasteiger partial charge in [-0.1, -0.05) is 77.0 Å². The maximum atomic E-state index is 8.94. The number of rotatable bonds is 33. The minimum Gasteiger partial charge on any atom is -0.494 e. The van der Waals surface area contributed by atoms with Crippen LogP contribution >= 0.6 is 0 Å². The van der Waals surface area contributed by atoms with Crippen LogP contribution in [0.5, 0.6) is 34.5 Å². The fraction of sp³-hybridized carbons (Fsp3) is 0.471. The van der Waals surface area contributed by atoms with Crippen molar-refractivity contribution >= 4 is 0 Å². The molecule has 4 rings (SSSR count). The summed E-state index contributed by atoms with van der Waals surface area (Å²) >= 11 is 0. The van der Waals surface area contributed by atoms with E-state index in [1.165, 1.54) is 19.3 Å². The molecule has 0 aromatic heterocycles. The number of benzene rings is 4. The largest absolute Gasteiger partial charge is 0.494 e. The zero-order valence-corrected chi connectivity index (χ0v) is 35.4. The maximum absolute atomic E-state index is 8.94. The average molecular weight is 814 g/mol. The van der Waals surface area contributed by atoms with Crippen LogP contribution in [0.1, 0.15) is 132 Å². The van der Waals surface area contributed by atoms with Crippen LogP contribution in [0.4, 0.5) is 0 Å². The lowest BCUT2D eigenvalue weighted by Gasteiger charge is -2.14. The number of hydrogen-bond acceptors (Lipinski definition) is 9. The Labute approximate surface area is 358 Å². The summed E-state index contributed by atoms with van der Waals surface area (Å²) in [5, 5.41) is 26.8. The summed E-state index contributed by atoms with van der Waals surface area (Å²) in [6.07, 6.45) is 19.7. The highest BCUT2D eigenvalue weighted by molar-refractivity contribution is 5.42. The third-order valence-corrected chi connectivity index (χ3v) is 10.0. The molecule has 0 fully saturated rings. The van der Waals surface area contributed by atoms with E-state index < -0.39 is 0 Å². The van der Waals surface area contributed by atoms with Crippen molar-refractivity contribution in [3.05, 3.63) is 108 Å². The second-order valence-electron chi connectivity index (χ2n) is 15.0. The fourth-order valence-corrected chi connectivity index (χ4v) is 6.55. The van der Waals surface area contributed by atoms with Crippen molar-refractivity contribution in [3.63, 3.8) is 0 Å². The summed E-state index contributed by atoms with van der Waals surface area (Å²) in [6, 6.07) is 34.2. The van der Waals surface area contributed by atoms with Crippen molar-refractivity contribution in [1.82, 2.24) is 0 Å². The molecule has 9 nitrogen and oxygen atoms in total. The highest BCUT2D eigenvalue weighted by Crippen LogP contribution is 2.29. The molecule has 0 heterocycles. The van der Waals surface area contributed by atoms with Crippen molar-refractivity contribution in [3.8, 4) is 52.7 Å². The summed E-state index contributed by atoms with van der Waals surface area (Å²) in [5.41, 5.74) is 1.93. The summed E-state index contributed by atoms with van der Waals surface area (Å²) in [5.74, 6) is 4.80. The van der Waals surface area contributed by atoms with Gasteiger partial charge in [0.15, 0.2) is 0 Å². The van der Waals surface area contributed by atoms with E-state index in [4.69, 9.17) is 44.2 Å². The van der Waals surface area contributed by atoms with Gasteiger partial charge in [-0.3, -0.25) is 0 Å². The van der Waals surface area contributed by atoms with E-state index in [2.05, 4.69) is 18.2 Å². The van der Waals surface area contributed by atoms with Gasteiger partial charge in [0.25, 0.3) is 0 Å². The lowest BCUT2D eigenvalue weighted by atomic mass is 10.1. The van der Waals surface area contributed by atoms with Gasteiger partial charge in [0, 0.05) is 18.2 Å². The van der Waals surface area contributed by atoms with Crippen LogP contribution < -0.4 is 28.4 Å². The van der Waals surface area contributed by atoms with Crippen LogP contribution in [0, 0.1) is 34.0 Å². The molecule has 0 amide bonds. The first-order valence-corrected chi connectivity index (χ1v) is 22.1. The lowest BCUT2D eigenvalue weighted by Crippen LogP contribution is -2.03. The van der Waals surface area contributed by atoms with Gasteiger partial charge in [-0.25, -0.2) is 0 Å². The van der Waals surface area contributed by atoms with Crippen molar-refractivity contribution in [1.29, 1.82) is 15.8 Å². The third-order valence-electron chi connectivity index (χ3n) is 10.0. The second-order valence-corrected chi connectivity index (χ2v) is 15.0. The van der Waals surface area contributed by atoms with Crippen LogP contribution in [-0.4, -0.2) is 39.6 Å². The SMILES string of the molecule is N#Cc1ccc(OCCCCCCCCOc2cc(OCCCCCCCCOc3ccc(C#N)cc3)cc(OCCCCCCCCOc3ccc(C#N)cc3)c2)cc1. The molecule has 0 N–H and O–H groups in total. The van der Waals surface area contributed by atoms with E-state index in [0.717, 1.165) is 131 Å².